The highest BCUT2D eigenvalue weighted by Gasteiger charge is 2.24. The summed E-state index contributed by atoms with van der Waals surface area (Å²) in [5, 5.41) is 23.7. The van der Waals surface area contributed by atoms with E-state index < -0.39 is 18.2 Å². The maximum absolute atomic E-state index is 13.1. The van der Waals surface area contributed by atoms with Crippen molar-refractivity contribution in [1.29, 1.82) is 0 Å². The smallest absolute Gasteiger partial charge is 0.306 e. The first-order valence-electron chi connectivity index (χ1n) is 23.9. The molecular formula is C48H93NO5. The number of nitrogens with one attached hydrogen (secondary N) is 1. The molecule has 0 saturated carbocycles. The summed E-state index contributed by atoms with van der Waals surface area (Å²) in [5.74, 6) is -0.474. The number of amides is 1. The molecule has 0 bridgehead atoms. The van der Waals surface area contributed by atoms with Crippen LogP contribution in [0.2, 0.25) is 0 Å². The number of allylic oxidation sites excluding steroid dienone is 2. The third-order valence-electron chi connectivity index (χ3n) is 11.1. The average molecular weight is 764 g/mol. The van der Waals surface area contributed by atoms with Crippen LogP contribution in [-0.2, 0) is 14.3 Å². The van der Waals surface area contributed by atoms with Crippen LogP contribution in [0.4, 0.5) is 0 Å². The summed E-state index contributed by atoms with van der Waals surface area (Å²) in [5.41, 5.74) is 0. The third kappa shape index (κ3) is 37.5. The molecule has 0 saturated heterocycles. The topological polar surface area (TPSA) is 95.9 Å². The number of carbonyl (C=O) groups excluding carboxylic acids is 2. The zero-order chi connectivity index (χ0) is 39.6. The van der Waals surface area contributed by atoms with Gasteiger partial charge in [-0.05, 0) is 44.9 Å². The molecule has 0 aromatic carbocycles. The van der Waals surface area contributed by atoms with Crippen LogP contribution in [0.1, 0.15) is 258 Å². The first-order chi connectivity index (χ1) is 26.5. The van der Waals surface area contributed by atoms with E-state index in [4.69, 9.17) is 4.74 Å². The van der Waals surface area contributed by atoms with E-state index >= 15 is 0 Å². The van der Waals surface area contributed by atoms with Crippen molar-refractivity contribution in [3.05, 3.63) is 12.2 Å². The zero-order valence-electron chi connectivity index (χ0n) is 36.4. The summed E-state index contributed by atoms with van der Waals surface area (Å²) < 4.78 is 5.89. The number of unbranched alkanes of at least 4 members (excludes halogenated alkanes) is 29. The molecule has 320 valence electrons. The lowest BCUT2D eigenvalue weighted by molar-refractivity contribution is -0.151. The van der Waals surface area contributed by atoms with Crippen molar-refractivity contribution in [3.63, 3.8) is 0 Å². The van der Waals surface area contributed by atoms with E-state index in [0.717, 1.165) is 51.4 Å². The van der Waals surface area contributed by atoms with Crippen molar-refractivity contribution in [3.8, 4) is 0 Å². The minimum absolute atomic E-state index is 0.0804. The number of ether oxygens (including phenoxy) is 1. The van der Waals surface area contributed by atoms with Gasteiger partial charge < -0.3 is 20.3 Å². The highest BCUT2D eigenvalue weighted by molar-refractivity contribution is 5.77. The van der Waals surface area contributed by atoms with Gasteiger partial charge in [0, 0.05) is 6.42 Å². The van der Waals surface area contributed by atoms with Gasteiger partial charge >= 0.3 is 5.97 Å². The van der Waals surface area contributed by atoms with Gasteiger partial charge in [0.1, 0.15) is 6.10 Å². The first kappa shape index (κ1) is 52.6. The Balaban J connectivity index is 4.49. The van der Waals surface area contributed by atoms with Crippen LogP contribution in [0.25, 0.3) is 0 Å². The van der Waals surface area contributed by atoms with Gasteiger partial charge in [0.25, 0.3) is 0 Å². The third-order valence-corrected chi connectivity index (χ3v) is 11.1. The maximum Gasteiger partial charge on any atom is 0.306 e. The maximum atomic E-state index is 13.1. The van der Waals surface area contributed by atoms with Crippen molar-refractivity contribution >= 4 is 11.9 Å². The molecule has 0 fully saturated rings. The lowest BCUT2D eigenvalue weighted by Crippen LogP contribution is -2.46. The molecule has 0 spiro atoms. The Morgan fingerprint density at radius 2 is 0.907 bits per heavy atom. The predicted molar refractivity (Wildman–Crippen MR) is 232 cm³/mol. The molecule has 1 amide bonds. The van der Waals surface area contributed by atoms with E-state index in [0.29, 0.717) is 19.3 Å². The fraction of sp³-hybridized carbons (Fsp3) is 0.917. The molecule has 0 aliphatic carbocycles. The van der Waals surface area contributed by atoms with Crippen LogP contribution < -0.4 is 5.32 Å². The number of aliphatic hydroxyl groups is 2. The Morgan fingerprint density at radius 1 is 0.519 bits per heavy atom. The molecule has 3 N–H and O–H groups in total. The molecule has 3 unspecified atom stereocenters. The summed E-state index contributed by atoms with van der Waals surface area (Å²) in [6.07, 6.45) is 45.5. The van der Waals surface area contributed by atoms with Gasteiger partial charge in [0.05, 0.1) is 25.2 Å². The van der Waals surface area contributed by atoms with Gasteiger partial charge in [-0.2, -0.15) is 0 Å². The molecular weight excluding hydrogens is 671 g/mol. The van der Waals surface area contributed by atoms with Crippen LogP contribution >= 0.6 is 0 Å². The van der Waals surface area contributed by atoms with Crippen molar-refractivity contribution in [1.82, 2.24) is 5.32 Å². The molecule has 54 heavy (non-hydrogen) atoms. The lowest BCUT2D eigenvalue weighted by Gasteiger charge is -2.24. The molecule has 0 aromatic heterocycles. The summed E-state index contributed by atoms with van der Waals surface area (Å²) >= 11 is 0. The summed E-state index contributed by atoms with van der Waals surface area (Å²) in [6.45, 7) is 6.44. The number of carbonyl (C=O) groups is 2. The molecule has 0 rings (SSSR count). The Morgan fingerprint density at radius 3 is 1.37 bits per heavy atom. The Bertz CT molecular complexity index is 817. The highest BCUT2D eigenvalue weighted by Crippen LogP contribution is 2.18. The van der Waals surface area contributed by atoms with Crippen molar-refractivity contribution in [2.45, 2.75) is 277 Å². The van der Waals surface area contributed by atoms with Crippen LogP contribution in [-0.4, -0.2) is 46.9 Å². The minimum Gasteiger partial charge on any atom is -0.462 e. The Kier molecular flexibility index (Phi) is 41.6. The second-order valence-corrected chi connectivity index (χ2v) is 16.5. The number of esters is 1. The molecule has 0 aliphatic rings. The predicted octanol–water partition coefficient (Wildman–Crippen LogP) is 13.8. The molecule has 0 heterocycles. The standard InChI is InChI=1S/C48H93NO5/c1-4-7-10-13-16-19-22-23-24-26-28-31-34-37-40-46(51)45(43-50)49-47(52)42-44(39-36-33-30-27-21-18-15-12-9-6-3)54-48(53)41-38-35-32-29-25-20-17-14-11-8-5-2/h14,17,44-46,50-51H,4-13,15-16,18-43H2,1-3H3,(H,49,52)/b17-14-. The zero-order valence-corrected chi connectivity index (χ0v) is 36.4. The fourth-order valence-electron chi connectivity index (χ4n) is 7.41. The molecule has 0 aromatic rings. The second-order valence-electron chi connectivity index (χ2n) is 16.5. The van der Waals surface area contributed by atoms with Crippen molar-refractivity contribution < 1.29 is 24.5 Å². The SMILES string of the molecule is CCCC/C=C\CCCCCCCC(=O)OC(CCCCCCCCCCCC)CC(=O)NC(CO)C(O)CCCCCCCCCCCCCCCC. The summed E-state index contributed by atoms with van der Waals surface area (Å²) in [6, 6.07) is -0.694. The number of rotatable bonds is 43. The Hall–Kier alpha value is -1.40. The minimum atomic E-state index is -0.781. The lowest BCUT2D eigenvalue weighted by atomic mass is 10.0. The summed E-state index contributed by atoms with van der Waals surface area (Å²) in [7, 11) is 0. The first-order valence-corrected chi connectivity index (χ1v) is 23.9. The van der Waals surface area contributed by atoms with E-state index in [1.54, 1.807) is 0 Å². The van der Waals surface area contributed by atoms with Gasteiger partial charge in [0.15, 0.2) is 0 Å². The second kappa shape index (κ2) is 42.7. The van der Waals surface area contributed by atoms with Crippen LogP contribution in [0.3, 0.4) is 0 Å². The highest BCUT2D eigenvalue weighted by atomic mass is 16.5. The van der Waals surface area contributed by atoms with E-state index in [9.17, 15) is 19.8 Å². The van der Waals surface area contributed by atoms with Crippen LogP contribution in [0.15, 0.2) is 12.2 Å². The molecule has 0 aliphatic heterocycles. The Labute approximate surface area is 336 Å². The number of hydrogen-bond acceptors (Lipinski definition) is 5. The average Bonchev–Trinajstić information content (AvgIpc) is 3.16. The fourth-order valence-corrected chi connectivity index (χ4v) is 7.41. The quantitative estimate of drug-likeness (QED) is 0.0326. The monoisotopic (exact) mass is 764 g/mol. The van der Waals surface area contributed by atoms with Gasteiger partial charge in [0.2, 0.25) is 5.91 Å². The number of aliphatic hydroxyl groups excluding tert-OH is 2. The molecule has 3 atom stereocenters. The van der Waals surface area contributed by atoms with Crippen molar-refractivity contribution in [2.24, 2.45) is 0 Å². The van der Waals surface area contributed by atoms with Crippen molar-refractivity contribution in [2.75, 3.05) is 6.61 Å². The number of hydrogen-bond donors (Lipinski definition) is 3. The van der Waals surface area contributed by atoms with Gasteiger partial charge in [-0.1, -0.05) is 213 Å². The molecule has 6 heteroatoms. The van der Waals surface area contributed by atoms with Gasteiger partial charge in [-0.25, -0.2) is 0 Å². The molecule has 0 radical (unpaired) electrons. The van der Waals surface area contributed by atoms with Gasteiger partial charge in [-0.3, -0.25) is 9.59 Å². The van der Waals surface area contributed by atoms with Crippen LogP contribution in [0.5, 0.6) is 0 Å². The van der Waals surface area contributed by atoms with E-state index in [-0.39, 0.29) is 24.9 Å². The normalized spacial score (nSPS) is 13.4. The van der Waals surface area contributed by atoms with Crippen LogP contribution in [0, 0.1) is 0 Å². The van der Waals surface area contributed by atoms with E-state index in [2.05, 4.69) is 38.2 Å². The largest absolute Gasteiger partial charge is 0.462 e. The van der Waals surface area contributed by atoms with E-state index in [1.807, 2.05) is 0 Å². The van der Waals surface area contributed by atoms with E-state index in [1.165, 1.54) is 161 Å². The summed E-state index contributed by atoms with van der Waals surface area (Å²) in [4.78, 5) is 26.0. The van der Waals surface area contributed by atoms with Gasteiger partial charge in [-0.15, -0.1) is 0 Å². The molecule has 6 nitrogen and oxygen atoms in total.